The topological polar surface area (TPSA) is 73.2 Å². The Labute approximate surface area is 174 Å². The second-order valence-corrected chi connectivity index (χ2v) is 8.01. The van der Waals surface area contributed by atoms with Crippen molar-refractivity contribution >= 4 is 33.1 Å². The number of amides is 1. The van der Waals surface area contributed by atoms with Crippen molar-refractivity contribution in [2.45, 2.75) is 53.0 Å². The lowest BCUT2D eigenvalue weighted by Crippen LogP contribution is -2.20. The highest BCUT2D eigenvalue weighted by atomic mass is 32.1. The van der Waals surface area contributed by atoms with Crippen LogP contribution in [-0.4, -0.2) is 22.1 Å². The summed E-state index contributed by atoms with van der Waals surface area (Å²) in [6, 6.07) is 7.32. The maximum absolute atomic E-state index is 12.8. The number of carbonyl (C=O) groups excluding carboxylic acids is 1. The summed E-state index contributed by atoms with van der Waals surface area (Å²) in [7, 11) is 0. The van der Waals surface area contributed by atoms with Crippen LogP contribution in [0.2, 0.25) is 0 Å². The van der Waals surface area contributed by atoms with Crippen LogP contribution in [0.1, 0.15) is 54.8 Å². The molecule has 0 spiro atoms. The zero-order valence-electron chi connectivity index (χ0n) is 17.2. The molecule has 0 radical (unpaired) electrons. The summed E-state index contributed by atoms with van der Waals surface area (Å²) in [5.41, 5.74) is 1.29. The van der Waals surface area contributed by atoms with Gasteiger partial charge in [0.05, 0.1) is 23.2 Å². The molecular formula is C22H27N3O3S. The van der Waals surface area contributed by atoms with Crippen molar-refractivity contribution in [3.05, 3.63) is 51.4 Å². The Balaban J connectivity index is 1.78. The first-order valence-corrected chi connectivity index (χ1v) is 10.9. The quantitative estimate of drug-likeness (QED) is 0.501. The molecule has 0 unspecified atom stereocenters. The van der Waals surface area contributed by atoms with Gasteiger partial charge in [-0.1, -0.05) is 26.7 Å². The van der Waals surface area contributed by atoms with Crippen LogP contribution in [0.5, 0.6) is 5.75 Å². The van der Waals surface area contributed by atoms with Crippen molar-refractivity contribution in [2.24, 2.45) is 0 Å². The van der Waals surface area contributed by atoms with E-state index in [2.05, 4.69) is 24.1 Å². The van der Waals surface area contributed by atoms with Crippen LogP contribution in [0.15, 0.2) is 35.4 Å². The highest BCUT2D eigenvalue weighted by molar-refractivity contribution is 7.20. The van der Waals surface area contributed by atoms with Gasteiger partial charge in [-0.3, -0.25) is 14.2 Å². The summed E-state index contributed by atoms with van der Waals surface area (Å²) in [6.07, 6.45) is 5.60. The number of ether oxygens (including phenoxy) is 1. The molecule has 2 aromatic heterocycles. The van der Waals surface area contributed by atoms with Crippen molar-refractivity contribution in [3.8, 4) is 5.75 Å². The number of thiophene rings is 1. The minimum atomic E-state index is -0.232. The Morgan fingerprint density at radius 2 is 1.90 bits per heavy atom. The first-order valence-electron chi connectivity index (χ1n) is 10.1. The molecule has 0 aliphatic rings. The summed E-state index contributed by atoms with van der Waals surface area (Å²) in [5, 5.41) is 3.44. The van der Waals surface area contributed by atoms with Crippen molar-refractivity contribution in [1.82, 2.24) is 9.55 Å². The van der Waals surface area contributed by atoms with Crippen LogP contribution in [-0.2, 0) is 6.54 Å². The van der Waals surface area contributed by atoms with E-state index < -0.39 is 0 Å². The van der Waals surface area contributed by atoms with Crippen LogP contribution in [0.4, 0.5) is 5.69 Å². The molecule has 0 aliphatic carbocycles. The maximum Gasteiger partial charge on any atom is 0.266 e. The molecule has 1 N–H and O–H groups in total. The van der Waals surface area contributed by atoms with Gasteiger partial charge in [0, 0.05) is 12.2 Å². The number of aromatic nitrogens is 2. The number of fused-ring (bicyclic) bond motifs is 1. The Morgan fingerprint density at radius 1 is 1.17 bits per heavy atom. The maximum atomic E-state index is 12.8. The van der Waals surface area contributed by atoms with Crippen molar-refractivity contribution in [3.63, 3.8) is 0 Å². The predicted octanol–water partition coefficient (Wildman–Crippen LogP) is 5.00. The summed E-state index contributed by atoms with van der Waals surface area (Å²) < 4.78 is 7.28. The Hall–Kier alpha value is -2.67. The largest absolute Gasteiger partial charge is 0.494 e. The third kappa shape index (κ3) is 4.85. The molecule has 0 fully saturated rings. The second kappa shape index (κ2) is 9.69. The van der Waals surface area contributed by atoms with Gasteiger partial charge in [-0.2, -0.15) is 0 Å². The second-order valence-electron chi connectivity index (χ2n) is 7.01. The van der Waals surface area contributed by atoms with E-state index in [1.165, 1.54) is 11.3 Å². The van der Waals surface area contributed by atoms with Crippen LogP contribution < -0.4 is 15.6 Å². The summed E-state index contributed by atoms with van der Waals surface area (Å²) >= 11 is 1.25. The number of anilines is 1. The highest BCUT2D eigenvalue weighted by Crippen LogP contribution is 2.28. The SMILES string of the molecule is CCCCOc1ccc(NC(=O)c2sc3ncn(CCCC)c(=O)c3c2C)cc1. The molecule has 6 nitrogen and oxygen atoms in total. The average molecular weight is 414 g/mol. The molecule has 154 valence electrons. The van der Waals surface area contributed by atoms with E-state index in [-0.39, 0.29) is 11.5 Å². The lowest BCUT2D eigenvalue weighted by Gasteiger charge is -2.08. The van der Waals surface area contributed by atoms with Gasteiger partial charge in [-0.25, -0.2) is 4.98 Å². The standard InChI is InChI=1S/C22H27N3O3S/c1-4-6-12-25-14-23-21-18(22(25)27)15(3)19(29-21)20(26)24-16-8-10-17(11-9-16)28-13-7-5-2/h8-11,14H,4-7,12-13H2,1-3H3,(H,24,26). The number of hydrogen-bond acceptors (Lipinski definition) is 5. The van der Waals surface area contributed by atoms with Crippen molar-refractivity contribution < 1.29 is 9.53 Å². The van der Waals surface area contributed by atoms with Crippen LogP contribution in [0, 0.1) is 6.92 Å². The van der Waals surface area contributed by atoms with Gasteiger partial charge >= 0.3 is 0 Å². The molecule has 0 atom stereocenters. The Kier molecular flexibility index (Phi) is 7.04. The van der Waals surface area contributed by atoms with Crippen LogP contribution in [0.25, 0.3) is 10.2 Å². The van der Waals surface area contributed by atoms with E-state index in [1.807, 2.05) is 31.2 Å². The monoisotopic (exact) mass is 413 g/mol. The first kappa shape index (κ1) is 21.0. The van der Waals surface area contributed by atoms with Gasteiger partial charge in [-0.15, -0.1) is 11.3 Å². The van der Waals surface area contributed by atoms with E-state index in [0.717, 1.165) is 31.4 Å². The minimum absolute atomic E-state index is 0.0789. The van der Waals surface area contributed by atoms with E-state index in [4.69, 9.17) is 4.74 Å². The van der Waals surface area contributed by atoms with E-state index in [0.29, 0.717) is 39.5 Å². The Bertz CT molecular complexity index is 1040. The molecule has 1 amide bonds. The molecular weight excluding hydrogens is 386 g/mol. The lowest BCUT2D eigenvalue weighted by atomic mass is 10.2. The van der Waals surface area contributed by atoms with Gasteiger partial charge in [-0.05, 0) is 49.6 Å². The van der Waals surface area contributed by atoms with Gasteiger partial charge < -0.3 is 10.1 Å². The highest BCUT2D eigenvalue weighted by Gasteiger charge is 2.19. The molecule has 3 aromatic rings. The molecule has 3 rings (SSSR count). The lowest BCUT2D eigenvalue weighted by molar-refractivity contribution is 0.103. The van der Waals surface area contributed by atoms with Crippen LogP contribution >= 0.6 is 11.3 Å². The number of aryl methyl sites for hydroxylation is 2. The number of carbonyl (C=O) groups is 1. The number of hydrogen-bond donors (Lipinski definition) is 1. The first-order chi connectivity index (χ1) is 14.0. The molecule has 7 heteroatoms. The fraction of sp³-hybridized carbons (Fsp3) is 0.409. The van der Waals surface area contributed by atoms with E-state index >= 15 is 0 Å². The van der Waals surface area contributed by atoms with Gasteiger partial charge in [0.1, 0.15) is 10.6 Å². The summed E-state index contributed by atoms with van der Waals surface area (Å²) in [6.45, 7) is 7.34. The minimum Gasteiger partial charge on any atom is -0.494 e. The van der Waals surface area contributed by atoms with E-state index in [9.17, 15) is 9.59 Å². The average Bonchev–Trinajstić information content (AvgIpc) is 3.06. The number of nitrogens with one attached hydrogen (secondary N) is 1. The van der Waals surface area contributed by atoms with Crippen LogP contribution in [0.3, 0.4) is 0 Å². The zero-order valence-corrected chi connectivity index (χ0v) is 18.0. The molecule has 1 aromatic carbocycles. The number of rotatable bonds is 9. The van der Waals surface area contributed by atoms with Crippen molar-refractivity contribution in [2.75, 3.05) is 11.9 Å². The number of benzene rings is 1. The predicted molar refractivity (Wildman–Crippen MR) is 118 cm³/mol. The molecule has 2 heterocycles. The third-order valence-corrected chi connectivity index (χ3v) is 5.95. The summed E-state index contributed by atoms with van der Waals surface area (Å²) in [5.74, 6) is 0.552. The zero-order chi connectivity index (χ0) is 20.8. The Morgan fingerprint density at radius 3 is 2.59 bits per heavy atom. The number of unbranched alkanes of at least 4 members (excludes halogenated alkanes) is 2. The molecule has 29 heavy (non-hydrogen) atoms. The van der Waals surface area contributed by atoms with Gasteiger partial charge in [0.2, 0.25) is 0 Å². The third-order valence-electron chi connectivity index (χ3n) is 4.75. The van der Waals surface area contributed by atoms with Gasteiger partial charge in [0.25, 0.3) is 11.5 Å². The summed E-state index contributed by atoms with van der Waals surface area (Å²) in [4.78, 5) is 31.1. The molecule has 0 saturated heterocycles. The molecule has 0 saturated carbocycles. The molecule has 0 aliphatic heterocycles. The smallest absolute Gasteiger partial charge is 0.266 e. The number of nitrogens with zero attached hydrogens (tertiary/aromatic N) is 2. The van der Waals surface area contributed by atoms with E-state index in [1.54, 1.807) is 10.9 Å². The van der Waals surface area contributed by atoms with Gasteiger partial charge in [0.15, 0.2) is 0 Å². The molecule has 0 bridgehead atoms. The normalized spacial score (nSPS) is 11.0. The van der Waals surface area contributed by atoms with Crippen molar-refractivity contribution in [1.29, 1.82) is 0 Å². The fourth-order valence-corrected chi connectivity index (χ4v) is 4.05. The fourth-order valence-electron chi connectivity index (χ4n) is 3.02.